The lowest BCUT2D eigenvalue weighted by atomic mass is 10.1. The quantitative estimate of drug-likeness (QED) is 0.776. The number of rotatable bonds is 7. The second kappa shape index (κ2) is 7.48. The number of hydrogen-bond donors (Lipinski definition) is 1. The lowest BCUT2D eigenvalue weighted by Crippen LogP contribution is -2.18. The van der Waals surface area contributed by atoms with Gasteiger partial charge in [-0.1, -0.05) is 0 Å². The molecular formula is C13H20FNO2S. The van der Waals surface area contributed by atoms with Gasteiger partial charge in [-0.3, -0.25) is 4.39 Å². The molecule has 0 aliphatic heterocycles. The van der Waals surface area contributed by atoms with Crippen molar-refractivity contribution in [2.45, 2.75) is 24.3 Å². The fourth-order valence-electron chi connectivity index (χ4n) is 1.74. The minimum atomic E-state index is -0.367. The minimum absolute atomic E-state index is 0.0324. The lowest BCUT2D eigenvalue weighted by Gasteiger charge is -2.16. The van der Waals surface area contributed by atoms with E-state index in [0.717, 1.165) is 22.0 Å². The monoisotopic (exact) mass is 274 g/mol. The SMILES string of the molecule is COc1cc(SCCF)c(OC)c(CC(C)N)[13cH]1. The van der Waals surface area contributed by atoms with Crippen LogP contribution in [0.3, 0.4) is 0 Å². The Balaban J connectivity index is 3.12. The van der Waals surface area contributed by atoms with E-state index in [0.29, 0.717) is 12.2 Å². The third-order valence-electron chi connectivity index (χ3n) is 2.42. The molecule has 0 saturated carbocycles. The summed E-state index contributed by atoms with van der Waals surface area (Å²) in [4.78, 5) is 0.894. The zero-order chi connectivity index (χ0) is 13.5. The first-order valence-electron chi connectivity index (χ1n) is 5.81. The molecule has 0 bridgehead atoms. The molecule has 1 unspecified atom stereocenters. The van der Waals surface area contributed by atoms with E-state index >= 15 is 0 Å². The largest absolute Gasteiger partial charge is 0.497 e. The average Bonchev–Trinajstić information content (AvgIpc) is 2.34. The average molecular weight is 274 g/mol. The minimum Gasteiger partial charge on any atom is -0.497 e. The summed E-state index contributed by atoms with van der Waals surface area (Å²) in [6.07, 6.45) is 0.698. The molecule has 0 fully saturated rings. The molecule has 5 heteroatoms. The Bertz CT molecular complexity index is 385. The normalized spacial score (nSPS) is 12.3. The van der Waals surface area contributed by atoms with Gasteiger partial charge in [-0.25, -0.2) is 0 Å². The van der Waals surface area contributed by atoms with Crippen molar-refractivity contribution in [1.29, 1.82) is 0 Å². The highest BCUT2D eigenvalue weighted by atomic mass is 32.2. The fraction of sp³-hybridized carbons (Fsp3) is 0.538. The predicted octanol–water partition coefficient (Wildman–Crippen LogP) is 2.66. The number of benzene rings is 1. The van der Waals surface area contributed by atoms with Gasteiger partial charge in [0.1, 0.15) is 11.5 Å². The molecule has 0 aromatic heterocycles. The number of halogens is 1. The van der Waals surface area contributed by atoms with Gasteiger partial charge in [-0.2, -0.15) is 0 Å². The molecule has 102 valence electrons. The van der Waals surface area contributed by atoms with Crippen LogP contribution in [0.25, 0.3) is 0 Å². The molecule has 2 N–H and O–H groups in total. The van der Waals surface area contributed by atoms with E-state index in [1.54, 1.807) is 14.2 Å². The zero-order valence-corrected chi connectivity index (χ0v) is 11.8. The van der Waals surface area contributed by atoms with E-state index in [1.165, 1.54) is 11.8 Å². The number of ether oxygens (including phenoxy) is 2. The Kier molecular flexibility index (Phi) is 6.29. The molecule has 1 aromatic rings. The van der Waals surface area contributed by atoms with Crippen molar-refractivity contribution in [3.05, 3.63) is 17.7 Å². The van der Waals surface area contributed by atoms with Crippen molar-refractivity contribution >= 4 is 11.8 Å². The molecular weight excluding hydrogens is 254 g/mol. The molecule has 18 heavy (non-hydrogen) atoms. The molecule has 0 heterocycles. The van der Waals surface area contributed by atoms with Crippen LogP contribution in [-0.4, -0.2) is 32.7 Å². The van der Waals surface area contributed by atoms with Gasteiger partial charge in [-0.15, -0.1) is 11.8 Å². The van der Waals surface area contributed by atoms with Crippen LogP contribution in [0.5, 0.6) is 11.5 Å². The van der Waals surface area contributed by atoms with E-state index in [1.807, 2.05) is 19.1 Å². The van der Waals surface area contributed by atoms with Gasteiger partial charge in [0, 0.05) is 17.4 Å². The first-order chi connectivity index (χ1) is 8.62. The summed E-state index contributed by atoms with van der Waals surface area (Å²) >= 11 is 1.42. The van der Waals surface area contributed by atoms with E-state index in [9.17, 15) is 4.39 Å². The summed E-state index contributed by atoms with van der Waals surface area (Å²) in [7, 11) is 3.23. The van der Waals surface area contributed by atoms with E-state index in [-0.39, 0.29) is 12.7 Å². The van der Waals surface area contributed by atoms with Gasteiger partial charge in [0.05, 0.1) is 25.8 Å². The Hall–Kier alpha value is -0.940. The van der Waals surface area contributed by atoms with Crippen molar-refractivity contribution < 1.29 is 13.9 Å². The third-order valence-corrected chi connectivity index (χ3v) is 3.39. The van der Waals surface area contributed by atoms with Gasteiger partial charge >= 0.3 is 0 Å². The van der Waals surface area contributed by atoms with Crippen LogP contribution in [0.2, 0.25) is 0 Å². The fourth-order valence-corrected chi connectivity index (χ4v) is 2.58. The lowest BCUT2D eigenvalue weighted by molar-refractivity contribution is 0.388. The summed E-state index contributed by atoms with van der Waals surface area (Å²) in [6, 6.07) is 3.82. The number of nitrogens with two attached hydrogens (primary N) is 1. The van der Waals surface area contributed by atoms with E-state index in [2.05, 4.69) is 0 Å². The topological polar surface area (TPSA) is 44.5 Å². The van der Waals surface area contributed by atoms with E-state index < -0.39 is 0 Å². The van der Waals surface area contributed by atoms with Crippen LogP contribution in [0.1, 0.15) is 12.5 Å². The van der Waals surface area contributed by atoms with Gasteiger partial charge < -0.3 is 15.2 Å². The summed E-state index contributed by atoms with van der Waals surface area (Å²) in [5.41, 5.74) is 6.82. The summed E-state index contributed by atoms with van der Waals surface area (Å²) < 4.78 is 23.0. The number of methoxy groups -OCH3 is 2. The van der Waals surface area contributed by atoms with Crippen LogP contribution in [0, 0.1) is 0 Å². The van der Waals surface area contributed by atoms with Crippen LogP contribution >= 0.6 is 11.8 Å². The van der Waals surface area contributed by atoms with E-state index in [4.69, 9.17) is 15.2 Å². The second-order valence-corrected chi connectivity index (χ2v) is 5.17. The molecule has 3 nitrogen and oxygen atoms in total. The Morgan fingerprint density at radius 2 is 2.06 bits per heavy atom. The van der Waals surface area contributed by atoms with Crippen molar-refractivity contribution in [2.24, 2.45) is 5.73 Å². The smallest absolute Gasteiger partial charge is 0.135 e. The maximum atomic E-state index is 12.3. The Morgan fingerprint density at radius 3 is 2.56 bits per heavy atom. The van der Waals surface area contributed by atoms with Crippen LogP contribution in [0.4, 0.5) is 4.39 Å². The maximum Gasteiger partial charge on any atom is 0.135 e. The van der Waals surface area contributed by atoms with Crippen molar-refractivity contribution in [1.82, 2.24) is 0 Å². The van der Waals surface area contributed by atoms with Crippen LogP contribution < -0.4 is 15.2 Å². The maximum absolute atomic E-state index is 12.3. The molecule has 1 rings (SSSR count). The Labute approximate surface area is 112 Å². The molecule has 0 amide bonds. The Morgan fingerprint density at radius 1 is 1.33 bits per heavy atom. The van der Waals surface area contributed by atoms with Gasteiger partial charge in [0.2, 0.25) is 0 Å². The highest BCUT2D eigenvalue weighted by Gasteiger charge is 2.14. The van der Waals surface area contributed by atoms with Crippen LogP contribution in [-0.2, 0) is 6.42 Å². The standard InChI is InChI=1S/C13H20FNO2S/c1-9(15)6-10-7-11(16-2)8-12(13(10)17-3)18-5-4-14/h7-9H,4-6,15H2,1-3H3/i7+1. The molecule has 0 aliphatic carbocycles. The molecule has 1 aromatic carbocycles. The molecule has 0 aliphatic rings. The third kappa shape index (κ3) is 4.07. The van der Waals surface area contributed by atoms with Crippen molar-refractivity contribution in [2.75, 3.05) is 26.6 Å². The molecule has 0 saturated heterocycles. The van der Waals surface area contributed by atoms with Gasteiger partial charge in [0.15, 0.2) is 0 Å². The van der Waals surface area contributed by atoms with Crippen molar-refractivity contribution in [3.8, 4) is 11.5 Å². The molecule has 1 atom stereocenters. The number of thioether (sulfide) groups is 1. The highest BCUT2D eigenvalue weighted by Crippen LogP contribution is 2.37. The van der Waals surface area contributed by atoms with Gasteiger partial charge in [0.25, 0.3) is 0 Å². The zero-order valence-electron chi connectivity index (χ0n) is 11.0. The second-order valence-electron chi connectivity index (χ2n) is 4.04. The van der Waals surface area contributed by atoms with Gasteiger partial charge in [-0.05, 0) is 25.5 Å². The molecule has 0 spiro atoms. The van der Waals surface area contributed by atoms with Crippen LogP contribution in [0.15, 0.2) is 17.0 Å². The van der Waals surface area contributed by atoms with Crippen molar-refractivity contribution in [3.63, 3.8) is 0 Å². The number of alkyl halides is 1. The highest BCUT2D eigenvalue weighted by molar-refractivity contribution is 7.99. The summed E-state index contributed by atoms with van der Waals surface area (Å²) in [5.74, 6) is 1.92. The summed E-state index contributed by atoms with van der Waals surface area (Å²) in [5, 5.41) is 0. The first-order valence-corrected chi connectivity index (χ1v) is 6.80. The molecule has 0 radical (unpaired) electrons. The predicted molar refractivity (Wildman–Crippen MR) is 73.6 cm³/mol. The number of hydrogen-bond acceptors (Lipinski definition) is 4. The summed E-state index contributed by atoms with van der Waals surface area (Å²) in [6.45, 7) is 1.57. The first kappa shape index (κ1) is 15.1.